The average Bonchev–Trinajstić information content (AvgIpc) is 3.30. The van der Waals surface area contributed by atoms with E-state index in [0.29, 0.717) is 23.2 Å². The van der Waals surface area contributed by atoms with Crippen LogP contribution in [0.2, 0.25) is 0 Å². The number of phenolic OH excluding ortho intramolecular Hbond substituents is 2. The maximum atomic E-state index is 12.3. The van der Waals surface area contributed by atoms with Gasteiger partial charge in [-0.05, 0) is 67.1 Å². The lowest BCUT2D eigenvalue weighted by Crippen LogP contribution is -2.20. The van der Waals surface area contributed by atoms with E-state index in [0.717, 1.165) is 17.0 Å². The zero-order valence-electron chi connectivity index (χ0n) is 18.7. The molecule has 35 heavy (non-hydrogen) atoms. The van der Waals surface area contributed by atoms with E-state index in [1.807, 2.05) is 47.9 Å². The third-order valence-corrected chi connectivity index (χ3v) is 5.62. The number of nitrogens with zero attached hydrogens (tertiary/aromatic N) is 5. The molecule has 2 aromatic carbocycles. The normalized spacial score (nSPS) is 11.0. The van der Waals surface area contributed by atoms with Crippen LogP contribution in [0.25, 0.3) is 17.1 Å². The van der Waals surface area contributed by atoms with Crippen LogP contribution in [0, 0.1) is 0 Å². The predicted molar refractivity (Wildman–Crippen MR) is 132 cm³/mol. The number of thioether (sulfide) groups is 1. The summed E-state index contributed by atoms with van der Waals surface area (Å²) in [4.78, 5) is 16.5. The Balaban J connectivity index is 1.50. The molecule has 0 aliphatic heterocycles. The van der Waals surface area contributed by atoms with Gasteiger partial charge in [0.2, 0.25) is 0 Å². The number of pyridine rings is 1. The number of hydrogen-bond acceptors (Lipinski definition) is 9. The summed E-state index contributed by atoms with van der Waals surface area (Å²) < 4.78 is 7.39. The molecule has 0 saturated carbocycles. The Hall–Kier alpha value is -4.38. The Kier molecular flexibility index (Phi) is 7.58. The second-order valence-corrected chi connectivity index (χ2v) is 8.08. The van der Waals surface area contributed by atoms with Gasteiger partial charge in [0.05, 0.1) is 18.6 Å². The van der Waals surface area contributed by atoms with Gasteiger partial charge in [0.1, 0.15) is 5.75 Å². The number of aromatic hydroxyl groups is 2. The van der Waals surface area contributed by atoms with E-state index in [9.17, 15) is 15.0 Å². The number of ether oxygens (including phenoxy) is 1. The maximum absolute atomic E-state index is 12.3. The summed E-state index contributed by atoms with van der Waals surface area (Å²) in [5.41, 5.74) is 4.55. The van der Waals surface area contributed by atoms with Crippen LogP contribution in [0.1, 0.15) is 12.5 Å². The van der Waals surface area contributed by atoms with Gasteiger partial charge in [0, 0.05) is 23.6 Å². The second kappa shape index (κ2) is 11.2. The van der Waals surface area contributed by atoms with Crippen molar-refractivity contribution in [3.05, 3.63) is 72.6 Å². The molecular weight excluding hydrogens is 468 g/mol. The average molecular weight is 491 g/mol. The standard InChI is InChI=1S/C24H22N6O4S/c1-2-34-19-8-6-18(7-9-19)30-23(17-4-3-11-25-14-17)28-29-24(30)35-15-22(33)27-26-13-16-5-10-20(31)21(32)12-16/h3-14,31-32H,2,15H2,1H3,(H,27,33)/b26-13+. The van der Waals surface area contributed by atoms with Gasteiger partial charge in [0.15, 0.2) is 22.5 Å². The fourth-order valence-electron chi connectivity index (χ4n) is 3.10. The molecule has 0 unspecified atom stereocenters. The summed E-state index contributed by atoms with van der Waals surface area (Å²) in [6, 6.07) is 15.5. The van der Waals surface area contributed by atoms with Crippen LogP contribution in [0.15, 0.2) is 77.2 Å². The molecule has 0 saturated heterocycles. The number of hydrogen-bond donors (Lipinski definition) is 3. The Morgan fingerprint density at radius 1 is 1.14 bits per heavy atom. The Labute approximate surface area is 205 Å². The fraction of sp³-hybridized carbons (Fsp3) is 0.125. The van der Waals surface area contributed by atoms with E-state index >= 15 is 0 Å². The Morgan fingerprint density at radius 3 is 2.69 bits per heavy atom. The molecule has 4 aromatic rings. The number of hydrazone groups is 1. The summed E-state index contributed by atoms with van der Waals surface area (Å²) >= 11 is 1.21. The summed E-state index contributed by atoms with van der Waals surface area (Å²) in [6.45, 7) is 2.49. The minimum atomic E-state index is -0.349. The summed E-state index contributed by atoms with van der Waals surface area (Å²) in [7, 11) is 0. The molecule has 10 nitrogen and oxygen atoms in total. The monoisotopic (exact) mass is 490 g/mol. The molecule has 11 heteroatoms. The Bertz CT molecular complexity index is 1330. The first-order valence-electron chi connectivity index (χ1n) is 10.6. The van der Waals surface area contributed by atoms with Crippen LogP contribution < -0.4 is 10.2 Å². The van der Waals surface area contributed by atoms with E-state index in [2.05, 4.69) is 25.7 Å². The molecule has 2 heterocycles. The van der Waals surface area contributed by atoms with Crippen molar-refractivity contribution in [1.82, 2.24) is 25.2 Å². The van der Waals surface area contributed by atoms with Crippen molar-refractivity contribution >= 4 is 23.9 Å². The van der Waals surface area contributed by atoms with Gasteiger partial charge in [-0.15, -0.1) is 10.2 Å². The van der Waals surface area contributed by atoms with Gasteiger partial charge in [-0.1, -0.05) is 11.8 Å². The summed E-state index contributed by atoms with van der Waals surface area (Å²) in [5.74, 6) is 0.536. The van der Waals surface area contributed by atoms with Crippen LogP contribution >= 0.6 is 11.8 Å². The first-order chi connectivity index (χ1) is 17.0. The van der Waals surface area contributed by atoms with Gasteiger partial charge in [0.25, 0.3) is 5.91 Å². The van der Waals surface area contributed by atoms with E-state index in [-0.39, 0.29) is 23.2 Å². The SMILES string of the molecule is CCOc1ccc(-n2c(SCC(=O)N/N=C/c3ccc(O)c(O)c3)nnc2-c2cccnc2)cc1. The van der Waals surface area contributed by atoms with Crippen molar-refractivity contribution in [2.45, 2.75) is 12.1 Å². The van der Waals surface area contributed by atoms with Gasteiger partial charge in [-0.2, -0.15) is 5.10 Å². The summed E-state index contributed by atoms with van der Waals surface area (Å²) in [5, 5.41) is 31.9. The predicted octanol–water partition coefficient (Wildman–Crippen LogP) is 3.38. The van der Waals surface area contributed by atoms with E-state index in [1.165, 1.54) is 30.1 Å². The van der Waals surface area contributed by atoms with Crippen LogP contribution in [-0.4, -0.2) is 54.4 Å². The lowest BCUT2D eigenvalue weighted by molar-refractivity contribution is -0.118. The number of aromatic nitrogens is 4. The number of carbonyl (C=O) groups excluding carboxylic acids is 1. The van der Waals surface area contributed by atoms with Crippen molar-refractivity contribution in [3.8, 4) is 34.3 Å². The molecule has 0 fully saturated rings. The summed E-state index contributed by atoms with van der Waals surface area (Å²) in [6.07, 6.45) is 4.75. The van der Waals surface area contributed by atoms with Crippen LogP contribution in [-0.2, 0) is 4.79 Å². The molecule has 0 spiro atoms. The third kappa shape index (κ3) is 5.95. The number of benzene rings is 2. The van der Waals surface area contributed by atoms with Crippen molar-refractivity contribution in [1.29, 1.82) is 0 Å². The highest BCUT2D eigenvalue weighted by Crippen LogP contribution is 2.28. The zero-order valence-corrected chi connectivity index (χ0v) is 19.5. The zero-order chi connectivity index (χ0) is 24.6. The topological polar surface area (TPSA) is 135 Å². The number of nitrogens with one attached hydrogen (secondary N) is 1. The van der Waals surface area contributed by atoms with Gasteiger partial charge in [-0.25, -0.2) is 5.43 Å². The van der Waals surface area contributed by atoms with Gasteiger partial charge in [-0.3, -0.25) is 14.3 Å². The van der Waals surface area contributed by atoms with Crippen molar-refractivity contribution in [2.75, 3.05) is 12.4 Å². The second-order valence-electron chi connectivity index (χ2n) is 7.14. The molecule has 2 aromatic heterocycles. The molecule has 0 radical (unpaired) electrons. The first-order valence-corrected chi connectivity index (χ1v) is 11.6. The third-order valence-electron chi connectivity index (χ3n) is 4.69. The molecule has 0 aliphatic carbocycles. The highest BCUT2D eigenvalue weighted by molar-refractivity contribution is 7.99. The number of carbonyl (C=O) groups is 1. The molecule has 0 bridgehead atoms. The Morgan fingerprint density at radius 2 is 1.97 bits per heavy atom. The first kappa shape index (κ1) is 23.8. The van der Waals surface area contributed by atoms with Gasteiger partial charge < -0.3 is 14.9 Å². The molecular formula is C24H22N6O4S. The van der Waals surface area contributed by atoms with Crippen molar-refractivity contribution in [3.63, 3.8) is 0 Å². The number of rotatable bonds is 9. The van der Waals surface area contributed by atoms with Crippen molar-refractivity contribution in [2.24, 2.45) is 5.10 Å². The quantitative estimate of drug-likeness (QED) is 0.141. The number of amides is 1. The molecule has 4 rings (SSSR count). The van der Waals surface area contributed by atoms with Gasteiger partial charge >= 0.3 is 0 Å². The minimum absolute atomic E-state index is 0.0420. The smallest absolute Gasteiger partial charge is 0.250 e. The molecule has 0 atom stereocenters. The van der Waals surface area contributed by atoms with Crippen LogP contribution in [0.5, 0.6) is 17.2 Å². The van der Waals surface area contributed by atoms with E-state index < -0.39 is 0 Å². The van der Waals surface area contributed by atoms with E-state index in [1.54, 1.807) is 18.5 Å². The largest absolute Gasteiger partial charge is 0.504 e. The van der Waals surface area contributed by atoms with Crippen LogP contribution in [0.3, 0.4) is 0 Å². The van der Waals surface area contributed by atoms with Crippen LogP contribution in [0.4, 0.5) is 0 Å². The maximum Gasteiger partial charge on any atom is 0.250 e. The van der Waals surface area contributed by atoms with E-state index in [4.69, 9.17) is 4.74 Å². The molecule has 178 valence electrons. The fourth-order valence-corrected chi connectivity index (χ4v) is 3.84. The number of phenols is 2. The highest BCUT2D eigenvalue weighted by Gasteiger charge is 2.17. The molecule has 0 aliphatic rings. The lowest BCUT2D eigenvalue weighted by Gasteiger charge is -2.11. The van der Waals surface area contributed by atoms with Crippen molar-refractivity contribution < 1.29 is 19.7 Å². The molecule has 3 N–H and O–H groups in total. The minimum Gasteiger partial charge on any atom is -0.504 e. The molecule has 1 amide bonds. The lowest BCUT2D eigenvalue weighted by atomic mass is 10.2. The highest BCUT2D eigenvalue weighted by atomic mass is 32.2.